The average molecular weight is 589 g/mol. The number of imide groups is 1. The molecule has 0 bridgehead atoms. The van der Waals surface area contributed by atoms with Crippen molar-refractivity contribution in [3.8, 4) is 11.3 Å². The van der Waals surface area contributed by atoms with Crippen molar-refractivity contribution in [3.63, 3.8) is 0 Å². The van der Waals surface area contributed by atoms with Crippen molar-refractivity contribution in [1.82, 2.24) is 34.3 Å². The molecule has 43 heavy (non-hydrogen) atoms. The van der Waals surface area contributed by atoms with Gasteiger partial charge in [0.05, 0.1) is 17.3 Å². The minimum absolute atomic E-state index is 0.0248. The summed E-state index contributed by atoms with van der Waals surface area (Å²) in [6.45, 7) is 11.2. The normalized spacial score (nSPS) is 17.0. The van der Waals surface area contributed by atoms with Crippen molar-refractivity contribution in [2.24, 2.45) is 5.41 Å². The number of rotatable bonds is 6. The fourth-order valence-corrected chi connectivity index (χ4v) is 6.31. The molecule has 1 spiro atoms. The Morgan fingerprint density at radius 1 is 1.07 bits per heavy atom. The van der Waals surface area contributed by atoms with E-state index in [2.05, 4.69) is 37.1 Å². The third-order valence-corrected chi connectivity index (χ3v) is 8.64. The molecular formula is C31H34F2N8O2. The van der Waals surface area contributed by atoms with Crippen LogP contribution in [-0.2, 0) is 4.79 Å². The molecule has 10 nitrogen and oxygen atoms in total. The smallest absolute Gasteiger partial charge is 0.262 e. The molecule has 0 unspecified atom stereocenters. The number of imidazole rings is 1. The van der Waals surface area contributed by atoms with Crippen molar-refractivity contribution in [2.45, 2.75) is 53.0 Å². The van der Waals surface area contributed by atoms with Gasteiger partial charge in [0.2, 0.25) is 11.9 Å². The first kappa shape index (κ1) is 28.8. The largest absolute Gasteiger partial charge is 0.326 e. The lowest BCUT2D eigenvalue weighted by Gasteiger charge is -2.38. The van der Waals surface area contributed by atoms with E-state index in [1.54, 1.807) is 25.1 Å². The third-order valence-electron chi connectivity index (χ3n) is 8.64. The lowest BCUT2D eigenvalue weighted by atomic mass is 9.77. The summed E-state index contributed by atoms with van der Waals surface area (Å²) < 4.78 is 31.8. The number of halogens is 2. The molecule has 4 aromatic rings. The number of amides is 2. The number of nitrogens with zero attached hydrogens (tertiary/aromatic N) is 7. The summed E-state index contributed by atoms with van der Waals surface area (Å²) in [5, 5.41) is 2.92. The highest BCUT2D eigenvalue weighted by atomic mass is 19.1. The number of anilines is 2. The number of aryl methyl sites for hydroxylation is 1. The van der Waals surface area contributed by atoms with Crippen LogP contribution in [0.2, 0.25) is 0 Å². The van der Waals surface area contributed by atoms with Gasteiger partial charge in [-0.15, -0.1) is 0 Å². The molecule has 0 aliphatic carbocycles. The van der Waals surface area contributed by atoms with Crippen molar-refractivity contribution < 1.29 is 18.4 Å². The monoisotopic (exact) mass is 588 g/mol. The number of fused-ring (bicyclic) bond motifs is 1. The van der Waals surface area contributed by atoms with Gasteiger partial charge < -0.3 is 14.8 Å². The number of hydrogen-bond donors (Lipinski definition) is 1. The maximum Gasteiger partial charge on any atom is 0.262 e. The maximum absolute atomic E-state index is 15.0. The first-order valence-electron chi connectivity index (χ1n) is 14.6. The Kier molecular flexibility index (Phi) is 7.41. The van der Waals surface area contributed by atoms with Gasteiger partial charge in [-0.2, -0.15) is 0 Å². The van der Waals surface area contributed by atoms with Crippen LogP contribution in [0.5, 0.6) is 0 Å². The first-order chi connectivity index (χ1) is 20.6. The van der Waals surface area contributed by atoms with Crippen LogP contribution in [0, 0.1) is 24.0 Å². The summed E-state index contributed by atoms with van der Waals surface area (Å²) in [6, 6.07) is 6.06. The van der Waals surface area contributed by atoms with Crippen LogP contribution in [0.25, 0.3) is 22.3 Å². The molecule has 6 rings (SSSR count). The number of hydrogen-bond acceptors (Lipinski definition) is 8. The number of carbonyl (C=O) groups excluding carboxylic acids is 2. The molecule has 2 aliphatic heterocycles. The second-order valence-corrected chi connectivity index (χ2v) is 11.8. The van der Waals surface area contributed by atoms with Crippen molar-refractivity contribution >= 4 is 34.6 Å². The number of carbonyl (C=O) groups is 2. The Morgan fingerprint density at radius 2 is 1.84 bits per heavy atom. The lowest BCUT2D eigenvalue weighted by Crippen LogP contribution is -2.42. The zero-order valence-corrected chi connectivity index (χ0v) is 24.7. The molecule has 1 N–H and O–H groups in total. The predicted molar refractivity (Wildman–Crippen MR) is 158 cm³/mol. The van der Waals surface area contributed by atoms with Gasteiger partial charge in [0, 0.05) is 30.8 Å². The molecular weight excluding hydrogens is 554 g/mol. The number of nitrogens with one attached hydrogen (secondary N) is 1. The highest BCUT2D eigenvalue weighted by molar-refractivity contribution is 6.06. The molecule has 2 fully saturated rings. The summed E-state index contributed by atoms with van der Waals surface area (Å²) in [5.41, 5.74) is 1.08. The summed E-state index contributed by atoms with van der Waals surface area (Å²) in [5.74, 6) is -0.770. The molecule has 0 saturated carbocycles. The van der Waals surface area contributed by atoms with Crippen LogP contribution in [0.1, 0.15) is 62.3 Å². The van der Waals surface area contributed by atoms with Crippen LogP contribution in [-0.4, -0.2) is 72.3 Å². The van der Waals surface area contributed by atoms with E-state index in [0.29, 0.717) is 35.7 Å². The van der Waals surface area contributed by atoms with Gasteiger partial charge in [0.25, 0.3) is 5.91 Å². The highest BCUT2D eigenvalue weighted by Gasteiger charge is 2.46. The maximum atomic E-state index is 15.0. The second kappa shape index (κ2) is 11.1. The Labute approximate surface area is 248 Å². The van der Waals surface area contributed by atoms with Crippen LogP contribution < -0.4 is 5.32 Å². The summed E-state index contributed by atoms with van der Waals surface area (Å²) in [7, 11) is 0. The van der Waals surface area contributed by atoms with E-state index >= 15 is 4.39 Å². The standard InChI is InChI=1S/C31H34F2N8O2/c1-5-39-10-8-31(9-11-39)14-26(42)40(17-31)29(43)20-6-7-25(34-15-20)37-30-35-16-23(33)27(38-30)21-12-22(32)28-24(13-21)41(18(2)3)19(4)36-28/h6-7,12-13,15-16,18H,5,8-11,14,17H2,1-4H3,(H,34,35,37,38). The fourth-order valence-electron chi connectivity index (χ4n) is 6.31. The van der Waals surface area contributed by atoms with Gasteiger partial charge in [-0.25, -0.2) is 28.7 Å². The Hall–Kier alpha value is -4.32. The van der Waals surface area contributed by atoms with Gasteiger partial charge in [-0.3, -0.25) is 14.5 Å². The van der Waals surface area contributed by atoms with Gasteiger partial charge in [-0.1, -0.05) is 6.92 Å². The first-order valence-corrected chi connectivity index (χ1v) is 14.6. The Morgan fingerprint density at radius 3 is 2.51 bits per heavy atom. The zero-order valence-electron chi connectivity index (χ0n) is 24.7. The van der Waals surface area contributed by atoms with Gasteiger partial charge in [0.1, 0.15) is 22.9 Å². The summed E-state index contributed by atoms with van der Waals surface area (Å²) in [4.78, 5) is 46.7. The molecule has 3 aromatic heterocycles. The molecule has 0 radical (unpaired) electrons. The van der Waals surface area contributed by atoms with E-state index < -0.39 is 11.6 Å². The van der Waals surface area contributed by atoms with E-state index in [1.807, 2.05) is 18.4 Å². The quantitative estimate of drug-likeness (QED) is 0.304. The minimum atomic E-state index is -0.709. The zero-order chi connectivity index (χ0) is 30.5. The molecule has 224 valence electrons. The lowest BCUT2D eigenvalue weighted by molar-refractivity contribution is -0.125. The van der Waals surface area contributed by atoms with Gasteiger partial charge in [-0.05, 0) is 82.9 Å². The second-order valence-electron chi connectivity index (χ2n) is 11.8. The van der Waals surface area contributed by atoms with Crippen LogP contribution >= 0.6 is 0 Å². The number of pyridine rings is 1. The molecule has 12 heteroatoms. The summed E-state index contributed by atoms with van der Waals surface area (Å²) >= 11 is 0. The molecule has 1 aromatic carbocycles. The van der Waals surface area contributed by atoms with E-state index in [1.165, 1.54) is 17.2 Å². The molecule has 2 saturated heterocycles. The highest BCUT2D eigenvalue weighted by Crippen LogP contribution is 2.41. The molecule has 0 atom stereocenters. The van der Waals surface area contributed by atoms with E-state index in [4.69, 9.17) is 0 Å². The van der Waals surface area contributed by atoms with Gasteiger partial charge >= 0.3 is 0 Å². The number of benzene rings is 1. The molecule has 2 amide bonds. The third kappa shape index (κ3) is 5.35. The van der Waals surface area contributed by atoms with Crippen molar-refractivity contribution in [2.75, 3.05) is 31.5 Å². The number of likely N-dealkylation sites (tertiary alicyclic amines) is 2. The Bertz CT molecular complexity index is 1710. The van der Waals surface area contributed by atoms with Crippen LogP contribution in [0.15, 0.2) is 36.7 Å². The number of aromatic nitrogens is 5. The summed E-state index contributed by atoms with van der Waals surface area (Å²) in [6.07, 6.45) is 4.60. The van der Waals surface area contributed by atoms with Crippen LogP contribution in [0.3, 0.4) is 0 Å². The van der Waals surface area contributed by atoms with Crippen molar-refractivity contribution in [3.05, 3.63) is 59.7 Å². The van der Waals surface area contributed by atoms with Gasteiger partial charge in [0.15, 0.2) is 11.6 Å². The molecule has 5 heterocycles. The Balaban J connectivity index is 1.19. The SMILES string of the molecule is CCN1CCC2(CC1)CC(=O)N(C(=O)c1ccc(Nc3ncc(F)c(-c4cc(F)c5nc(C)n(C(C)C)c5c4)n3)nc1)C2. The molecule has 2 aliphatic rings. The van der Waals surface area contributed by atoms with Crippen molar-refractivity contribution in [1.29, 1.82) is 0 Å². The number of piperidine rings is 1. The van der Waals surface area contributed by atoms with E-state index in [-0.39, 0.29) is 46.0 Å². The average Bonchev–Trinajstić information content (AvgIpc) is 3.50. The van der Waals surface area contributed by atoms with E-state index in [9.17, 15) is 14.0 Å². The minimum Gasteiger partial charge on any atom is -0.326 e. The topological polar surface area (TPSA) is 109 Å². The predicted octanol–water partition coefficient (Wildman–Crippen LogP) is 5.27. The van der Waals surface area contributed by atoms with E-state index in [0.717, 1.165) is 38.7 Å². The fraction of sp³-hybridized carbons (Fsp3) is 0.419. The van der Waals surface area contributed by atoms with Crippen LogP contribution in [0.4, 0.5) is 20.5 Å².